The van der Waals surface area contributed by atoms with Crippen LogP contribution >= 0.6 is 31.9 Å². The summed E-state index contributed by atoms with van der Waals surface area (Å²) in [5, 5.41) is 3.44. The molecule has 0 aromatic carbocycles. The van der Waals surface area contributed by atoms with Crippen LogP contribution in [-0.4, -0.2) is 11.5 Å². The molecule has 1 aliphatic rings. The number of hydrogen-bond donors (Lipinski definition) is 1. The van der Waals surface area contributed by atoms with Crippen LogP contribution in [0.2, 0.25) is 0 Å². The van der Waals surface area contributed by atoms with E-state index in [2.05, 4.69) is 48.2 Å². The number of allylic oxidation sites excluding steroid dienone is 1. The summed E-state index contributed by atoms with van der Waals surface area (Å²) < 4.78 is 2.06. The number of hydrogen-bond acceptors (Lipinski definition) is 2. The molecule has 0 bridgehead atoms. The van der Waals surface area contributed by atoms with E-state index in [1.807, 2.05) is 12.3 Å². The summed E-state index contributed by atoms with van der Waals surface area (Å²) in [5.74, 6) is 0. The van der Waals surface area contributed by atoms with Gasteiger partial charge in [-0.1, -0.05) is 11.6 Å². The van der Waals surface area contributed by atoms with Gasteiger partial charge in [0.15, 0.2) is 0 Å². The normalized spacial score (nSPS) is 15.1. The first kappa shape index (κ1) is 13.2. The van der Waals surface area contributed by atoms with Crippen LogP contribution in [0.3, 0.4) is 0 Å². The Hall–Kier alpha value is -0.190. The molecule has 1 N–H and O–H groups in total. The molecule has 17 heavy (non-hydrogen) atoms. The average Bonchev–Trinajstić information content (AvgIpc) is 2.79. The lowest BCUT2D eigenvalue weighted by Gasteiger charge is -2.07. The number of nitrogens with zero attached hydrogens (tertiary/aromatic N) is 1. The predicted molar refractivity (Wildman–Crippen MR) is 77.9 cm³/mol. The Kier molecular flexibility index (Phi) is 5.19. The number of rotatable bonds is 5. The van der Waals surface area contributed by atoms with Crippen LogP contribution in [0.15, 0.2) is 32.9 Å². The lowest BCUT2D eigenvalue weighted by atomic mass is 10.2. The van der Waals surface area contributed by atoms with E-state index in [0.29, 0.717) is 0 Å². The maximum atomic E-state index is 4.38. The molecule has 0 fully saturated rings. The monoisotopic (exact) mass is 358 g/mol. The Balaban J connectivity index is 1.74. The SMILES string of the molecule is Brc1cnc(CNCCC2=CCCC2)c(Br)c1. The number of pyridine rings is 1. The second-order valence-electron chi connectivity index (χ2n) is 4.26. The lowest BCUT2D eigenvalue weighted by molar-refractivity contribution is 0.663. The largest absolute Gasteiger partial charge is 0.311 e. The molecular formula is C13H16Br2N2. The van der Waals surface area contributed by atoms with Crippen molar-refractivity contribution in [1.29, 1.82) is 0 Å². The van der Waals surface area contributed by atoms with Crippen LogP contribution < -0.4 is 5.32 Å². The van der Waals surface area contributed by atoms with E-state index in [1.54, 1.807) is 5.57 Å². The zero-order chi connectivity index (χ0) is 12.1. The van der Waals surface area contributed by atoms with Crippen molar-refractivity contribution in [3.8, 4) is 0 Å². The molecule has 0 radical (unpaired) electrons. The third-order valence-corrected chi connectivity index (χ3v) is 4.05. The molecule has 0 amide bonds. The lowest BCUT2D eigenvalue weighted by Crippen LogP contribution is -2.16. The molecule has 0 spiro atoms. The summed E-state index contributed by atoms with van der Waals surface area (Å²) in [6.45, 7) is 1.86. The van der Waals surface area contributed by atoms with Gasteiger partial charge >= 0.3 is 0 Å². The molecule has 2 rings (SSSR count). The van der Waals surface area contributed by atoms with Gasteiger partial charge in [-0.15, -0.1) is 0 Å². The molecule has 0 atom stereocenters. The zero-order valence-corrected chi connectivity index (χ0v) is 12.8. The van der Waals surface area contributed by atoms with Crippen molar-refractivity contribution in [1.82, 2.24) is 10.3 Å². The molecular weight excluding hydrogens is 344 g/mol. The molecule has 1 aliphatic carbocycles. The summed E-state index contributed by atoms with van der Waals surface area (Å²) >= 11 is 6.92. The molecule has 4 heteroatoms. The van der Waals surface area contributed by atoms with Crippen LogP contribution in [0, 0.1) is 0 Å². The third-order valence-electron chi connectivity index (χ3n) is 2.93. The van der Waals surface area contributed by atoms with Gasteiger partial charge in [0.1, 0.15) is 0 Å². The van der Waals surface area contributed by atoms with Crippen LogP contribution in [0.1, 0.15) is 31.4 Å². The smallest absolute Gasteiger partial charge is 0.0684 e. The fraction of sp³-hybridized carbons (Fsp3) is 0.462. The topological polar surface area (TPSA) is 24.9 Å². The van der Waals surface area contributed by atoms with E-state index >= 15 is 0 Å². The first-order chi connectivity index (χ1) is 8.25. The van der Waals surface area contributed by atoms with E-state index in [0.717, 1.165) is 27.7 Å². The number of aromatic nitrogens is 1. The first-order valence-electron chi connectivity index (χ1n) is 5.94. The van der Waals surface area contributed by atoms with Crippen LogP contribution in [0.4, 0.5) is 0 Å². The molecule has 2 nitrogen and oxygen atoms in total. The second kappa shape index (κ2) is 6.66. The van der Waals surface area contributed by atoms with Crippen molar-refractivity contribution in [3.63, 3.8) is 0 Å². The van der Waals surface area contributed by atoms with Gasteiger partial charge in [-0.25, -0.2) is 0 Å². The summed E-state index contributed by atoms with van der Waals surface area (Å²) in [4.78, 5) is 4.38. The highest BCUT2D eigenvalue weighted by Gasteiger charge is 2.05. The molecule has 92 valence electrons. The van der Waals surface area contributed by atoms with Crippen LogP contribution in [-0.2, 0) is 6.54 Å². The van der Waals surface area contributed by atoms with Crippen molar-refractivity contribution in [2.24, 2.45) is 0 Å². The minimum absolute atomic E-state index is 0.821. The third kappa shape index (κ3) is 4.19. The van der Waals surface area contributed by atoms with Crippen molar-refractivity contribution < 1.29 is 0 Å². The second-order valence-corrected chi connectivity index (χ2v) is 6.03. The molecule has 0 aliphatic heterocycles. The minimum Gasteiger partial charge on any atom is -0.311 e. The summed E-state index contributed by atoms with van der Waals surface area (Å²) in [7, 11) is 0. The maximum absolute atomic E-state index is 4.38. The van der Waals surface area contributed by atoms with Crippen molar-refractivity contribution in [3.05, 3.63) is 38.6 Å². The fourth-order valence-electron chi connectivity index (χ4n) is 1.99. The Morgan fingerprint density at radius 3 is 2.94 bits per heavy atom. The molecule has 0 saturated heterocycles. The van der Waals surface area contributed by atoms with E-state index in [9.17, 15) is 0 Å². The molecule has 1 heterocycles. The maximum Gasteiger partial charge on any atom is 0.0684 e. The van der Waals surface area contributed by atoms with Crippen molar-refractivity contribution in [2.45, 2.75) is 32.2 Å². The Labute approximate surface area is 119 Å². The average molecular weight is 360 g/mol. The van der Waals surface area contributed by atoms with Gasteiger partial charge in [0.25, 0.3) is 0 Å². The quantitative estimate of drug-likeness (QED) is 0.629. The Bertz CT molecular complexity index is 416. The highest BCUT2D eigenvalue weighted by molar-refractivity contribution is 9.11. The van der Waals surface area contributed by atoms with Crippen LogP contribution in [0.25, 0.3) is 0 Å². The zero-order valence-electron chi connectivity index (χ0n) is 9.68. The molecule has 0 saturated carbocycles. The predicted octanol–water partition coefficient (Wildman–Crippen LogP) is 4.20. The molecule has 1 aromatic rings. The highest BCUT2D eigenvalue weighted by Crippen LogP contribution is 2.21. The van der Waals surface area contributed by atoms with Crippen molar-refractivity contribution in [2.75, 3.05) is 6.54 Å². The molecule has 0 unspecified atom stereocenters. The van der Waals surface area contributed by atoms with Crippen LogP contribution in [0.5, 0.6) is 0 Å². The van der Waals surface area contributed by atoms with E-state index in [-0.39, 0.29) is 0 Å². The minimum atomic E-state index is 0.821. The van der Waals surface area contributed by atoms with Gasteiger partial charge in [0.2, 0.25) is 0 Å². The molecule has 1 aromatic heterocycles. The van der Waals surface area contributed by atoms with E-state index in [1.165, 1.54) is 25.7 Å². The number of halogens is 2. The first-order valence-corrected chi connectivity index (χ1v) is 7.53. The summed E-state index contributed by atoms with van der Waals surface area (Å²) in [6, 6.07) is 2.03. The van der Waals surface area contributed by atoms with E-state index < -0.39 is 0 Å². The summed E-state index contributed by atoms with van der Waals surface area (Å²) in [6.07, 6.45) is 9.30. The van der Waals surface area contributed by atoms with Gasteiger partial charge in [-0.05, 0) is 70.2 Å². The summed E-state index contributed by atoms with van der Waals surface area (Å²) in [5.41, 5.74) is 2.67. The van der Waals surface area contributed by atoms with Gasteiger partial charge in [0.05, 0.1) is 5.69 Å². The highest BCUT2D eigenvalue weighted by atomic mass is 79.9. The Morgan fingerprint density at radius 2 is 2.24 bits per heavy atom. The van der Waals surface area contributed by atoms with Gasteiger partial charge < -0.3 is 5.32 Å². The van der Waals surface area contributed by atoms with Crippen molar-refractivity contribution >= 4 is 31.9 Å². The van der Waals surface area contributed by atoms with E-state index in [4.69, 9.17) is 0 Å². The Morgan fingerprint density at radius 1 is 1.35 bits per heavy atom. The number of nitrogens with one attached hydrogen (secondary N) is 1. The standard InChI is InChI=1S/C13H16Br2N2/c14-11-7-12(15)13(17-8-11)9-16-6-5-10-3-1-2-4-10/h3,7-8,16H,1-2,4-6,9H2. The van der Waals surface area contributed by atoms with Gasteiger partial charge in [-0.3, -0.25) is 4.98 Å². The van der Waals surface area contributed by atoms with Gasteiger partial charge in [0, 0.05) is 21.7 Å². The van der Waals surface area contributed by atoms with Gasteiger partial charge in [-0.2, -0.15) is 0 Å². The fourth-order valence-corrected chi connectivity index (χ4v) is 3.12.